The second kappa shape index (κ2) is 29.0. The van der Waals surface area contributed by atoms with Crippen LogP contribution in [0.5, 0.6) is 0 Å². The minimum atomic E-state index is -1.98. The van der Waals surface area contributed by atoms with E-state index in [-0.39, 0.29) is 51.3 Å². The lowest BCUT2D eigenvalue weighted by atomic mass is 9.96. The highest BCUT2D eigenvalue weighted by Crippen LogP contribution is 2.31. The van der Waals surface area contributed by atoms with Crippen molar-refractivity contribution in [1.29, 1.82) is 0 Å². The van der Waals surface area contributed by atoms with Gasteiger partial charge in [-0.2, -0.15) is 0 Å². The molecular weight excluding hydrogens is 984 g/mol. The maximum Gasteiger partial charge on any atom is 0.239 e. The number of nitrogens with one attached hydrogen (secondary N) is 3. The van der Waals surface area contributed by atoms with Gasteiger partial charge in [-0.05, 0) is 31.9 Å². The average molecular weight is 1060 g/mol. The van der Waals surface area contributed by atoms with Gasteiger partial charge >= 0.3 is 0 Å². The molecule has 1 aromatic carbocycles. The lowest BCUT2D eigenvalue weighted by Crippen LogP contribution is -2.65. The Morgan fingerprint density at radius 1 is 0.534 bits per heavy atom. The van der Waals surface area contributed by atoms with Gasteiger partial charge in [0.05, 0.1) is 39.1 Å². The predicted molar refractivity (Wildman–Crippen MR) is 239 cm³/mol. The number of carbonyl (C=O) groups is 4. The van der Waals surface area contributed by atoms with E-state index in [4.69, 9.17) is 37.9 Å². The van der Waals surface area contributed by atoms with E-state index in [1.54, 1.807) is 30.3 Å². The molecule has 1 aromatic rings. The van der Waals surface area contributed by atoms with E-state index in [2.05, 4.69) is 16.0 Å². The average Bonchev–Trinajstić information content (AvgIpc) is 3.37. The van der Waals surface area contributed by atoms with Crippen LogP contribution in [0.3, 0.4) is 0 Å². The molecule has 5 rings (SSSR count). The molecule has 4 aliphatic rings. The molecule has 4 amide bonds. The van der Waals surface area contributed by atoms with Crippen LogP contribution < -0.4 is 16.0 Å². The van der Waals surface area contributed by atoms with Gasteiger partial charge in [-0.25, -0.2) is 0 Å². The Balaban J connectivity index is 1.18. The highest BCUT2D eigenvalue weighted by molar-refractivity contribution is 5.91. The molecule has 20 atom stereocenters. The van der Waals surface area contributed by atoms with Gasteiger partial charge < -0.3 is 125 Å². The van der Waals surface area contributed by atoms with Crippen molar-refractivity contribution in [3.63, 3.8) is 0 Å². The lowest BCUT2D eigenvalue weighted by Gasteiger charge is -2.46. The molecule has 4 heterocycles. The smallest absolute Gasteiger partial charge is 0.239 e. The number of aliphatic hydroxyl groups is 13. The summed E-state index contributed by atoms with van der Waals surface area (Å²) >= 11 is 0. The summed E-state index contributed by atoms with van der Waals surface area (Å²) in [6.45, 7) is -3.34. The second-order valence-corrected chi connectivity index (χ2v) is 17.8. The second-order valence-electron chi connectivity index (χ2n) is 17.8. The van der Waals surface area contributed by atoms with Gasteiger partial charge in [-0.15, -0.1) is 0 Å². The number of carbonyl (C=O) groups excluding carboxylic acids is 4. The number of ether oxygens (including phenoxy) is 8. The molecule has 0 aliphatic carbocycles. The molecule has 29 heteroatoms. The summed E-state index contributed by atoms with van der Waals surface area (Å²) in [6.07, 6.45) is -32.8. The minimum Gasteiger partial charge on any atom is -0.394 e. The molecule has 29 nitrogen and oxygen atoms in total. The van der Waals surface area contributed by atoms with Crippen molar-refractivity contribution < 1.29 is 123 Å². The quantitative estimate of drug-likeness (QED) is 0.0404. The van der Waals surface area contributed by atoms with Crippen LogP contribution in [0.1, 0.15) is 32.6 Å². The molecule has 0 radical (unpaired) electrons. The Morgan fingerprint density at radius 3 is 1.58 bits per heavy atom. The Hall–Kier alpha value is -3.74. The molecule has 16 N–H and O–H groups in total. The Kier molecular flexibility index (Phi) is 23.9. The first-order valence-electron chi connectivity index (χ1n) is 23.7. The normalized spacial score (nSPS) is 36.7. The number of anilines is 1. The van der Waals surface area contributed by atoms with Crippen LogP contribution in [0.25, 0.3) is 0 Å². The van der Waals surface area contributed by atoms with Crippen LogP contribution in [0.2, 0.25) is 0 Å². The van der Waals surface area contributed by atoms with Crippen LogP contribution in [0.4, 0.5) is 5.69 Å². The zero-order chi connectivity index (χ0) is 53.5. The summed E-state index contributed by atoms with van der Waals surface area (Å²) in [5.41, 5.74) is 0.589. The molecule has 1 unspecified atom stereocenters. The molecule has 0 spiro atoms. The van der Waals surface area contributed by atoms with Crippen LogP contribution in [0.15, 0.2) is 30.3 Å². The Morgan fingerprint density at radius 2 is 1.01 bits per heavy atom. The number of nitrogens with zero attached hydrogens (tertiary/aromatic N) is 1. The van der Waals surface area contributed by atoms with Crippen molar-refractivity contribution in [2.75, 3.05) is 64.5 Å². The van der Waals surface area contributed by atoms with E-state index in [0.717, 1.165) is 4.90 Å². The highest BCUT2D eigenvalue weighted by Gasteiger charge is 2.52. The molecular formula is C44H70N4O25. The fourth-order valence-electron chi connectivity index (χ4n) is 8.11. The fourth-order valence-corrected chi connectivity index (χ4v) is 8.11. The Labute approximate surface area is 418 Å². The summed E-state index contributed by atoms with van der Waals surface area (Å²) in [5.74, 6) is -2.42. The van der Waals surface area contributed by atoms with Gasteiger partial charge in [0.25, 0.3) is 0 Å². The molecule has 73 heavy (non-hydrogen) atoms. The predicted octanol–water partition coefficient (Wildman–Crippen LogP) is -8.44. The summed E-state index contributed by atoms with van der Waals surface area (Å²) in [7, 11) is 0. The molecule has 416 valence electrons. The van der Waals surface area contributed by atoms with Gasteiger partial charge in [0.15, 0.2) is 25.2 Å². The number of benzene rings is 1. The van der Waals surface area contributed by atoms with Crippen LogP contribution in [-0.2, 0) is 57.1 Å². The topological polar surface area (TPSA) is 444 Å². The van der Waals surface area contributed by atoms with E-state index >= 15 is 0 Å². The number of rotatable bonds is 25. The first-order chi connectivity index (χ1) is 34.7. The molecule has 0 saturated carbocycles. The maximum absolute atomic E-state index is 13.5. The molecule has 0 bridgehead atoms. The molecule has 4 saturated heterocycles. The molecule has 4 aliphatic heterocycles. The van der Waals surface area contributed by atoms with Crippen molar-refractivity contribution >= 4 is 29.3 Å². The number of para-hydroxylation sites is 1. The third-order valence-corrected chi connectivity index (χ3v) is 12.4. The van der Waals surface area contributed by atoms with Gasteiger partial charge in [0.1, 0.15) is 105 Å². The molecule has 4 fully saturated rings. The first kappa shape index (κ1) is 60.1. The number of hydrogen-bond acceptors (Lipinski definition) is 25. The first-order valence-corrected chi connectivity index (χ1v) is 23.7. The summed E-state index contributed by atoms with van der Waals surface area (Å²) in [4.78, 5) is 53.2. The zero-order valence-corrected chi connectivity index (χ0v) is 39.8. The number of amides is 4. The molecule has 0 aromatic heterocycles. The van der Waals surface area contributed by atoms with E-state index in [0.29, 0.717) is 5.69 Å². The van der Waals surface area contributed by atoms with Crippen molar-refractivity contribution in [3.05, 3.63) is 30.3 Å². The zero-order valence-electron chi connectivity index (χ0n) is 39.8. The van der Waals surface area contributed by atoms with Gasteiger partial charge in [0.2, 0.25) is 23.6 Å². The van der Waals surface area contributed by atoms with Crippen molar-refractivity contribution in [3.8, 4) is 0 Å². The van der Waals surface area contributed by atoms with E-state index in [9.17, 15) is 85.6 Å². The number of hydrogen-bond donors (Lipinski definition) is 16. The monoisotopic (exact) mass is 1050 g/mol. The lowest BCUT2D eigenvalue weighted by molar-refractivity contribution is -0.366. The largest absolute Gasteiger partial charge is 0.394 e. The van der Waals surface area contributed by atoms with Crippen LogP contribution in [-0.4, -0.2) is 277 Å². The highest BCUT2D eigenvalue weighted by atomic mass is 16.8. The number of unbranched alkanes of at least 4 members (excludes halogenated alkanes) is 1. The summed E-state index contributed by atoms with van der Waals surface area (Å²) in [5, 5.41) is 142. The van der Waals surface area contributed by atoms with Crippen LogP contribution in [0, 0.1) is 0 Å². The third kappa shape index (κ3) is 16.6. The summed E-state index contributed by atoms with van der Waals surface area (Å²) in [6, 6.07) is 8.71. The standard InChI is InChI=1S/C44H70N4O25/c1-20-29(55)33(59)36(62)41(69-20)66-13-11-45-26(52)15-48(28(54)10-6-5-9-25(51)47-21-7-3-2-4-8-21)16-27(53)46-12-14-67-43-39(65)40(73-44-38(64)35(61)31(57)23(18-50)71-44)32(58)24(72-43)19-68-42-37(63)34(60)30(56)22(17-49)70-42/h2-4,7-8,20,22-24,29-44,49-50,55-65H,5-6,9-19H2,1H3,(H,45,52)(H,46,53)(H,47,51)/t20-,22+,23+,24?,29+,30+,31+,32+,33+,34-,35-,36-,37-,38-,39-,40-,41+,42-,43-,44+/m0/s1. The van der Waals surface area contributed by atoms with E-state index in [1.807, 2.05) is 0 Å². The van der Waals surface area contributed by atoms with Crippen molar-refractivity contribution in [2.45, 2.75) is 155 Å². The van der Waals surface area contributed by atoms with Crippen LogP contribution >= 0.6 is 0 Å². The van der Waals surface area contributed by atoms with Gasteiger partial charge in [-0.1, -0.05) is 18.2 Å². The van der Waals surface area contributed by atoms with Crippen molar-refractivity contribution in [1.82, 2.24) is 15.5 Å². The number of aliphatic hydroxyl groups excluding tert-OH is 13. The third-order valence-electron chi connectivity index (χ3n) is 12.4. The maximum atomic E-state index is 13.5. The Bertz CT molecular complexity index is 1860. The fraction of sp³-hybridized carbons (Fsp3) is 0.773. The SMILES string of the molecule is C[C@@H]1O[C@@H](OCCNC(=O)CN(CC(=O)NCCO[C@H]2OC(CO[C@H]3O[C@H](CO)[C@@H](O)[C@H](O)[C@@H]3O)[C@@H](O)[C@H](O[C@H]3O[C@H](CO)[C@@H](O)[C@H](O)[C@@H]3O)[C@@H]2O)C(=O)CCCCC(=O)Nc2ccccc2)[C@@H](O)[C@H](O)[C@@H]1O. The van der Waals surface area contributed by atoms with Gasteiger partial charge in [0, 0.05) is 31.6 Å². The van der Waals surface area contributed by atoms with E-state index < -0.39 is 180 Å². The summed E-state index contributed by atoms with van der Waals surface area (Å²) < 4.78 is 44.2. The minimum absolute atomic E-state index is 0.0718. The van der Waals surface area contributed by atoms with Crippen molar-refractivity contribution in [2.24, 2.45) is 0 Å². The van der Waals surface area contributed by atoms with E-state index in [1.165, 1.54) is 6.92 Å². The van der Waals surface area contributed by atoms with Gasteiger partial charge in [-0.3, -0.25) is 19.2 Å².